The molecule has 0 saturated heterocycles. The summed E-state index contributed by atoms with van der Waals surface area (Å²) in [4.78, 5) is 12.6. The number of rotatable bonds is 10. The van der Waals surface area contributed by atoms with Gasteiger partial charge in [-0.25, -0.2) is 4.79 Å². The molecule has 0 saturated carbocycles. The van der Waals surface area contributed by atoms with Gasteiger partial charge in [0.25, 0.3) is 0 Å². The number of hydrogen-bond acceptors (Lipinski definition) is 9. The molecule has 9 heteroatoms. The minimum Gasteiger partial charge on any atom is -0.508 e. The number of phenols is 1. The first-order valence-electron chi connectivity index (χ1n) is 9.08. The first-order valence-corrected chi connectivity index (χ1v) is 9.08. The molecule has 0 amide bonds. The summed E-state index contributed by atoms with van der Waals surface area (Å²) < 4.78 is 10.4. The number of methoxy groups -OCH3 is 1. The van der Waals surface area contributed by atoms with Gasteiger partial charge in [0.1, 0.15) is 48.1 Å². The molecule has 0 heterocycles. The third-order valence-electron chi connectivity index (χ3n) is 4.39. The Morgan fingerprint density at radius 2 is 1.72 bits per heavy atom. The molecule has 0 bridgehead atoms. The zero-order chi connectivity index (χ0) is 22.3. The third-order valence-corrected chi connectivity index (χ3v) is 4.39. The predicted octanol–water partition coefficient (Wildman–Crippen LogP) is -0.189. The van der Waals surface area contributed by atoms with Gasteiger partial charge in [-0.1, -0.05) is 11.6 Å². The predicted molar refractivity (Wildman–Crippen MR) is 104 cm³/mol. The number of phenolic OH excluding ortho intramolecular Hbond substituents is 1. The van der Waals surface area contributed by atoms with E-state index < -0.39 is 43.6 Å². The van der Waals surface area contributed by atoms with Crippen LogP contribution in [0.1, 0.15) is 35.3 Å². The highest BCUT2D eigenvalue weighted by Crippen LogP contribution is 2.35. The van der Waals surface area contributed by atoms with E-state index in [9.17, 15) is 30.3 Å². The highest BCUT2D eigenvalue weighted by molar-refractivity contribution is 5.95. The van der Waals surface area contributed by atoms with Gasteiger partial charge < -0.3 is 40.1 Å². The Balaban J connectivity index is 3.04. The molecule has 1 rings (SSSR count). The van der Waals surface area contributed by atoms with Crippen LogP contribution in [0.5, 0.6) is 11.5 Å². The summed E-state index contributed by atoms with van der Waals surface area (Å²) >= 11 is 0. The standard InChI is InChI=1S/C20H30O9/c1-10(2)5-6-12-13(22)7-11(3)16(19(12)28-4)20(27)29-9-15(24)18(26)17(25)14(23)8-21/h5,7,14-15,17-18,21-26H,6,8-9H2,1-4H3/t14-,15-,17-,18-/m1/s1. The van der Waals surface area contributed by atoms with E-state index in [2.05, 4.69) is 0 Å². The molecule has 4 atom stereocenters. The maximum absolute atomic E-state index is 12.6. The van der Waals surface area contributed by atoms with E-state index in [-0.39, 0.29) is 17.1 Å². The SMILES string of the molecule is COc1c(CC=C(C)C)c(O)cc(C)c1C(=O)OC[C@@H](O)[C@@H](O)[C@H](O)[C@H](O)CO. The number of aliphatic hydroxyl groups is 5. The molecule has 0 aliphatic carbocycles. The Labute approximate surface area is 169 Å². The summed E-state index contributed by atoms with van der Waals surface area (Å²) in [5, 5.41) is 57.7. The van der Waals surface area contributed by atoms with Crippen molar-refractivity contribution in [2.24, 2.45) is 0 Å². The number of ether oxygens (including phenoxy) is 2. The van der Waals surface area contributed by atoms with Crippen LogP contribution >= 0.6 is 0 Å². The maximum Gasteiger partial charge on any atom is 0.342 e. The van der Waals surface area contributed by atoms with Gasteiger partial charge in [-0.15, -0.1) is 0 Å². The Morgan fingerprint density at radius 1 is 1.14 bits per heavy atom. The highest BCUT2D eigenvalue weighted by Gasteiger charge is 2.31. The van der Waals surface area contributed by atoms with Crippen LogP contribution in [0.3, 0.4) is 0 Å². The van der Waals surface area contributed by atoms with Gasteiger partial charge in [0, 0.05) is 5.56 Å². The molecule has 1 aromatic rings. The number of aliphatic hydroxyl groups excluding tert-OH is 5. The second-order valence-electron chi connectivity index (χ2n) is 6.98. The minimum atomic E-state index is -1.85. The summed E-state index contributed by atoms with van der Waals surface area (Å²) in [6, 6.07) is 1.40. The monoisotopic (exact) mass is 414 g/mol. The van der Waals surface area contributed by atoms with Crippen molar-refractivity contribution in [3.05, 3.63) is 34.4 Å². The molecule has 0 aliphatic rings. The second kappa shape index (κ2) is 11.1. The lowest BCUT2D eigenvalue weighted by Crippen LogP contribution is -2.47. The molecule has 6 N–H and O–H groups in total. The lowest BCUT2D eigenvalue weighted by Gasteiger charge is -2.25. The summed E-state index contributed by atoms with van der Waals surface area (Å²) in [6.45, 7) is 3.87. The first-order chi connectivity index (χ1) is 13.5. The van der Waals surface area contributed by atoms with E-state index >= 15 is 0 Å². The Morgan fingerprint density at radius 3 is 2.24 bits per heavy atom. The fourth-order valence-electron chi connectivity index (χ4n) is 2.69. The van der Waals surface area contributed by atoms with E-state index in [4.69, 9.17) is 14.6 Å². The number of carbonyl (C=O) groups excluding carboxylic acids is 1. The highest BCUT2D eigenvalue weighted by atomic mass is 16.5. The van der Waals surface area contributed by atoms with Crippen molar-refractivity contribution in [3.8, 4) is 11.5 Å². The van der Waals surface area contributed by atoms with Gasteiger partial charge >= 0.3 is 5.97 Å². The zero-order valence-electron chi connectivity index (χ0n) is 17.0. The lowest BCUT2D eigenvalue weighted by molar-refractivity contribution is -0.124. The van der Waals surface area contributed by atoms with Gasteiger partial charge in [-0.3, -0.25) is 0 Å². The maximum atomic E-state index is 12.6. The minimum absolute atomic E-state index is 0.0371. The molecule has 0 radical (unpaired) electrons. The summed E-state index contributed by atoms with van der Waals surface area (Å²) in [5.74, 6) is -0.762. The molecular weight excluding hydrogens is 384 g/mol. The van der Waals surface area contributed by atoms with E-state index in [1.807, 2.05) is 19.9 Å². The van der Waals surface area contributed by atoms with Crippen molar-refractivity contribution < 1.29 is 44.9 Å². The van der Waals surface area contributed by atoms with Gasteiger partial charge in [0.15, 0.2) is 0 Å². The molecule has 1 aromatic carbocycles. The molecular formula is C20H30O9. The first kappa shape index (κ1) is 24.9. The molecule has 29 heavy (non-hydrogen) atoms. The normalized spacial score (nSPS) is 15.2. The molecule has 0 unspecified atom stereocenters. The third kappa shape index (κ3) is 6.41. The number of esters is 1. The summed E-state index contributed by atoms with van der Waals surface area (Å²) in [6.07, 6.45) is -4.85. The van der Waals surface area contributed by atoms with Crippen molar-refractivity contribution in [2.75, 3.05) is 20.3 Å². The second-order valence-corrected chi connectivity index (χ2v) is 6.98. The number of benzene rings is 1. The quantitative estimate of drug-likeness (QED) is 0.225. The van der Waals surface area contributed by atoms with Crippen LogP contribution in [0.15, 0.2) is 17.7 Å². The van der Waals surface area contributed by atoms with Crippen LogP contribution in [-0.4, -0.2) is 81.3 Å². The van der Waals surface area contributed by atoms with Crippen LogP contribution in [0.2, 0.25) is 0 Å². The van der Waals surface area contributed by atoms with E-state index in [0.29, 0.717) is 17.5 Å². The van der Waals surface area contributed by atoms with Crippen molar-refractivity contribution >= 4 is 5.97 Å². The number of hydrogen-bond donors (Lipinski definition) is 6. The van der Waals surface area contributed by atoms with Crippen LogP contribution in [0.4, 0.5) is 0 Å². The van der Waals surface area contributed by atoms with Crippen LogP contribution in [-0.2, 0) is 11.2 Å². The van der Waals surface area contributed by atoms with Crippen LogP contribution in [0.25, 0.3) is 0 Å². The van der Waals surface area contributed by atoms with Crippen LogP contribution < -0.4 is 4.74 Å². The number of aryl methyl sites for hydroxylation is 1. The largest absolute Gasteiger partial charge is 0.508 e. The fraction of sp³-hybridized carbons (Fsp3) is 0.550. The summed E-state index contributed by atoms with van der Waals surface area (Å²) in [7, 11) is 1.35. The van der Waals surface area contributed by atoms with Gasteiger partial charge in [-0.05, 0) is 38.8 Å². The van der Waals surface area contributed by atoms with Crippen molar-refractivity contribution in [1.82, 2.24) is 0 Å². The molecule has 0 aliphatic heterocycles. The van der Waals surface area contributed by atoms with E-state index in [1.54, 1.807) is 6.92 Å². The van der Waals surface area contributed by atoms with Crippen molar-refractivity contribution in [3.63, 3.8) is 0 Å². The Hall–Kier alpha value is -2.17. The molecule has 0 fully saturated rings. The van der Waals surface area contributed by atoms with Crippen LogP contribution in [0, 0.1) is 6.92 Å². The topological polar surface area (TPSA) is 157 Å². The summed E-state index contributed by atoms with van der Waals surface area (Å²) in [5.41, 5.74) is 1.85. The van der Waals surface area contributed by atoms with E-state index in [1.165, 1.54) is 13.2 Å². The Bertz CT molecular complexity index is 725. The average Bonchev–Trinajstić information content (AvgIpc) is 2.68. The van der Waals surface area contributed by atoms with Gasteiger partial charge in [-0.2, -0.15) is 0 Å². The smallest absolute Gasteiger partial charge is 0.342 e. The zero-order valence-corrected chi connectivity index (χ0v) is 17.0. The van der Waals surface area contributed by atoms with E-state index in [0.717, 1.165) is 5.57 Å². The van der Waals surface area contributed by atoms with Crippen molar-refractivity contribution in [1.29, 1.82) is 0 Å². The Kier molecular flexibility index (Phi) is 9.54. The number of carbonyl (C=O) groups is 1. The number of allylic oxidation sites excluding steroid dienone is 2. The molecule has 164 valence electrons. The fourth-order valence-corrected chi connectivity index (χ4v) is 2.69. The van der Waals surface area contributed by atoms with Crippen molar-refractivity contribution in [2.45, 2.75) is 51.6 Å². The average molecular weight is 414 g/mol. The van der Waals surface area contributed by atoms with Gasteiger partial charge in [0.05, 0.1) is 13.7 Å². The molecule has 9 nitrogen and oxygen atoms in total. The van der Waals surface area contributed by atoms with Gasteiger partial charge in [0.2, 0.25) is 0 Å². The molecule has 0 aromatic heterocycles. The molecule has 0 spiro atoms. The lowest BCUT2D eigenvalue weighted by atomic mass is 9.99. The number of aromatic hydroxyl groups is 1.